The van der Waals surface area contributed by atoms with Crippen molar-refractivity contribution in [1.29, 1.82) is 0 Å². The van der Waals surface area contributed by atoms with E-state index in [0.717, 1.165) is 24.4 Å². The van der Waals surface area contributed by atoms with E-state index in [1.165, 1.54) is 18.3 Å². The Hall–Kier alpha value is -4.73. The Morgan fingerprint density at radius 2 is 1.68 bits per heavy atom. The van der Waals surface area contributed by atoms with Crippen molar-refractivity contribution in [3.8, 4) is 51.2 Å². The quantitative estimate of drug-likeness (QED) is 0.269. The van der Waals surface area contributed by atoms with E-state index in [1.807, 2.05) is 0 Å². The lowest BCUT2D eigenvalue weighted by atomic mass is 9.97. The van der Waals surface area contributed by atoms with Crippen molar-refractivity contribution in [2.45, 2.75) is 0 Å². The fourth-order valence-corrected chi connectivity index (χ4v) is 3.25. The summed E-state index contributed by atoms with van der Waals surface area (Å²) in [6.07, 6.45) is 2.44. The van der Waals surface area contributed by atoms with Gasteiger partial charge in [0.1, 0.15) is 22.5 Å². The largest absolute Gasteiger partial charge is 0.507 e. The van der Waals surface area contributed by atoms with E-state index in [0.29, 0.717) is 0 Å². The van der Waals surface area contributed by atoms with E-state index in [-0.39, 0.29) is 33.6 Å². The van der Waals surface area contributed by atoms with Gasteiger partial charge in [-0.1, -0.05) is 0 Å². The van der Waals surface area contributed by atoms with Gasteiger partial charge in [0.2, 0.25) is 11.2 Å². The lowest BCUT2D eigenvalue weighted by Gasteiger charge is -2.13. The molecule has 0 atom stereocenters. The molecule has 4 rings (SSSR count). The minimum atomic E-state index is -1.03. The normalized spacial score (nSPS) is 11.0. The number of rotatable bonds is 3. The second kappa shape index (κ2) is 6.95. The highest BCUT2D eigenvalue weighted by Gasteiger charge is 2.25. The zero-order valence-electron chi connectivity index (χ0n) is 15.5. The average Bonchev–Trinajstić information content (AvgIpc) is 2.72. The summed E-state index contributed by atoms with van der Waals surface area (Å²) in [5.74, 6) is -4.33. The minimum absolute atomic E-state index is 0.0193. The second-order valence-corrected chi connectivity index (χ2v) is 6.59. The molecular formula is C21H14N2O8. The molecule has 0 spiro atoms. The molecule has 0 bridgehead atoms. The zero-order valence-corrected chi connectivity index (χ0v) is 15.5. The van der Waals surface area contributed by atoms with Gasteiger partial charge in [-0.3, -0.25) is 14.6 Å². The Morgan fingerprint density at radius 1 is 0.935 bits per heavy atom. The van der Waals surface area contributed by atoms with Crippen molar-refractivity contribution < 1.29 is 34.7 Å². The van der Waals surface area contributed by atoms with Gasteiger partial charge < -0.3 is 35.7 Å². The highest BCUT2D eigenvalue weighted by molar-refractivity contribution is 6.04. The lowest BCUT2D eigenvalue weighted by molar-refractivity contribution is 0.100. The number of amides is 1. The summed E-state index contributed by atoms with van der Waals surface area (Å²) in [6.45, 7) is 0. The van der Waals surface area contributed by atoms with Crippen LogP contribution in [0, 0.1) is 0 Å². The van der Waals surface area contributed by atoms with Crippen LogP contribution in [0.15, 0.2) is 51.9 Å². The van der Waals surface area contributed by atoms with Crippen LogP contribution in [0.3, 0.4) is 0 Å². The number of fused-ring (bicyclic) bond motifs is 1. The summed E-state index contributed by atoms with van der Waals surface area (Å²) in [7, 11) is 0. The van der Waals surface area contributed by atoms with Crippen molar-refractivity contribution in [2.75, 3.05) is 0 Å². The van der Waals surface area contributed by atoms with Crippen LogP contribution in [-0.2, 0) is 0 Å². The number of carbonyl (C=O) groups is 1. The Morgan fingerprint density at radius 3 is 2.35 bits per heavy atom. The van der Waals surface area contributed by atoms with E-state index in [1.54, 1.807) is 0 Å². The molecule has 31 heavy (non-hydrogen) atoms. The van der Waals surface area contributed by atoms with Crippen molar-refractivity contribution in [3.05, 3.63) is 58.5 Å². The van der Waals surface area contributed by atoms with Gasteiger partial charge in [-0.2, -0.15) is 0 Å². The van der Waals surface area contributed by atoms with E-state index >= 15 is 0 Å². The SMILES string of the molecule is NC(=O)c1cnccc1-c1c(O)cc2oc(-c3ccc(O)c(O)c3)c(O)c(=O)c2c1O. The molecule has 7 N–H and O–H groups in total. The first kappa shape index (κ1) is 19.6. The van der Waals surface area contributed by atoms with Crippen LogP contribution in [0.25, 0.3) is 33.4 Å². The second-order valence-electron chi connectivity index (χ2n) is 6.59. The molecule has 2 aromatic carbocycles. The number of hydrogen-bond acceptors (Lipinski definition) is 9. The molecule has 0 saturated carbocycles. The first-order valence-electron chi connectivity index (χ1n) is 8.72. The minimum Gasteiger partial charge on any atom is -0.507 e. The first-order valence-corrected chi connectivity index (χ1v) is 8.72. The molecule has 0 aliphatic heterocycles. The molecule has 2 heterocycles. The topological polar surface area (TPSA) is 187 Å². The van der Waals surface area contributed by atoms with Crippen molar-refractivity contribution in [2.24, 2.45) is 5.73 Å². The predicted octanol–water partition coefficient (Wildman–Crippen LogP) is 2.15. The summed E-state index contributed by atoms with van der Waals surface area (Å²) in [4.78, 5) is 28.3. The molecule has 0 aliphatic rings. The number of benzene rings is 2. The summed E-state index contributed by atoms with van der Waals surface area (Å²) in [5, 5.41) is 50.4. The standard InChI is InChI=1S/C21H14N2O8/c22-21(30)10-7-23-4-3-9(10)15-13(26)6-14-16(17(15)27)18(28)19(29)20(31-14)8-1-2-11(24)12(25)5-8/h1-7,24-27,29H,(H2,22,30). The van der Waals surface area contributed by atoms with Crippen molar-refractivity contribution >= 4 is 16.9 Å². The molecule has 0 aliphatic carbocycles. The summed E-state index contributed by atoms with van der Waals surface area (Å²) in [5.41, 5.74) is 3.70. The van der Waals surface area contributed by atoms with Gasteiger partial charge in [0.05, 0.1) is 11.1 Å². The van der Waals surface area contributed by atoms with Gasteiger partial charge >= 0.3 is 0 Å². The summed E-state index contributed by atoms with van der Waals surface area (Å²) < 4.78 is 5.52. The third kappa shape index (κ3) is 3.02. The summed E-state index contributed by atoms with van der Waals surface area (Å²) in [6, 6.07) is 5.81. The van der Waals surface area contributed by atoms with Crippen LogP contribution in [0.1, 0.15) is 10.4 Å². The Labute approximate surface area is 172 Å². The highest BCUT2D eigenvalue weighted by Crippen LogP contribution is 2.45. The number of phenols is 4. The third-order valence-electron chi connectivity index (χ3n) is 4.71. The van der Waals surface area contributed by atoms with Crippen LogP contribution < -0.4 is 11.2 Å². The maximum absolute atomic E-state index is 12.8. The number of primary amides is 1. The van der Waals surface area contributed by atoms with E-state index < -0.39 is 45.5 Å². The van der Waals surface area contributed by atoms with Crippen LogP contribution in [0.4, 0.5) is 0 Å². The van der Waals surface area contributed by atoms with Crippen molar-refractivity contribution in [3.63, 3.8) is 0 Å². The number of phenolic OH excluding ortho intramolecular Hbond substituents is 4. The number of nitrogens with two attached hydrogens (primary N) is 1. The molecule has 10 nitrogen and oxygen atoms in total. The Kier molecular flexibility index (Phi) is 4.39. The molecule has 2 aromatic heterocycles. The van der Waals surface area contributed by atoms with Crippen LogP contribution >= 0.6 is 0 Å². The number of aromatic hydroxyl groups is 5. The van der Waals surface area contributed by atoms with E-state index in [4.69, 9.17) is 10.2 Å². The molecule has 0 radical (unpaired) electrons. The molecule has 0 unspecified atom stereocenters. The lowest BCUT2D eigenvalue weighted by Crippen LogP contribution is -2.13. The molecule has 1 amide bonds. The maximum Gasteiger partial charge on any atom is 0.250 e. The molecule has 4 aromatic rings. The predicted molar refractivity (Wildman–Crippen MR) is 108 cm³/mol. The third-order valence-corrected chi connectivity index (χ3v) is 4.71. The van der Waals surface area contributed by atoms with Gasteiger partial charge in [0.15, 0.2) is 17.3 Å². The Balaban J connectivity index is 2.04. The number of nitrogens with zero attached hydrogens (tertiary/aromatic N) is 1. The fraction of sp³-hybridized carbons (Fsp3) is 0. The maximum atomic E-state index is 12.8. The van der Waals surface area contributed by atoms with Gasteiger partial charge in [-0.05, 0) is 24.3 Å². The van der Waals surface area contributed by atoms with Gasteiger partial charge in [-0.25, -0.2) is 0 Å². The number of hydrogen-bond donors (Lipinski definition) is 6. The molecular weight excluding hydrogens is 408 g/mol. The molecule has 156 valence electrons. The van der Waals surface area contributed by atoms with Crippen molar-refractivity contribution in [1.82, 2.24) is 4.98 Å². The van der Waals surface area contributed by atoms with E-state index in [9.17, 15) is 35.1 Å². The first-order chi connectivity index (χ1) is 14.7. The fourth-order valence-electron chi connectivity index (χ4n) is 3.25. The van der Waals surface area contributed by atoms with Crippen LogP contribution in [-0.4, -0.2) is 36.4 Å². The summed E-state index contributed by atoms with van der Waals surface area (Å²) >= 11 is 0. The average molecular weight is 422 g/mol. The van der Waals surface area contributed by atoms with Gasteiger partial charge in [-0.15, -0.1) is 0 Å². The number of pyridine rings is 1. The Bertz CT molecular complexity index is 1440. The van der Waals surface area contributed by atoms with Gasteiger partial charge in [0.25, 0.3) is 5.91 Å². The molecule has 0 saturated heterocycles. The molecule has 10 heteroatoms. The highest BCUT2D eigenvalue weighted by atomic mass is 16.4. The van der Waals surface area contributed by atoms with E-state index in [2.05, 4.69) is 4.98 Å². The zero-order chi connectivity index (χ0) is 22.4. The van der Waals surface area contributed by atoms with Crippen LogP contribution in [0.2, 0.25) is 0 Å². The smallest absolute Gasteiger partial charge is 0.250 e. The van der Waals surface area contributed by atoms with Gasteiger partial charge in [0, 0.05) is 29.6 Å². The molecule has 0 fully saturated rings. The number of carbonyl (C=O) groups excluding carboxylic acids is 1. The van der Waals surface area contributed by atoms with Crippen LogP contribution in [0.5, 0.6) is 28.7 Å². The monoisotopic (exact) mass is 422 g/mol. The number of aromatic nitrogens is 1.